The topological polar surface area (TPSA) is 63.2 Å². The Morgan fingerprint density at radius 2 is 2.25 bits per heavy atom. The third kappa shape index (κ3) is 2.33. The van der Waals surface area contributed by atoms with E-state index in [0.717, 1.165) is 19.5 Å². The second-order valence-electron chi connectivity index (χ2n) is 3.65. The second kappa shape index (κ2) is 4.80. The minimum atomic E-state index is 0.152. The molecule has 1 N–H and O–H groups in total. The number of ether oxygens (including phenoxy) is 1. The summed E-state index contributed by atoms with van der Waals surface area (Å²) < 4.78 is 4.96. The van der Waals surface area contributed by atoms with Gasteiger partial charge < -0.3 is 15.0 Å². The molecular weight excluding hydrogens is 230 g/mol. The molecule has 0 saturated carbocycles. The van der Waals surface area contributed by atoms with Crippen molar-refractivity contribution in [1.82, 2.24) is 20.3 Å². The Kier molecular flexibility index (Phi) is 3.40. The largest absolute Gasteiger partial charge is 0.467 e. The summed E-state index contributed by atoms with van der Waals surface area (Å²) in [5.74, 6) is 0.547. The highest BCUT2D eigenvalue weighted by Gasteiger charge is 2.22. The highest BCUT2D eigenvalue weighted by molar-refractivity contribution is 6.28. The minimum Gasteiger partial charge on any atom is -0.467 e. The van der Waals surface area contributed by atoms with Gasteiger partial charge >= 0.3 is 6.01 Å². The first-order valence-corrected chi connectivity index (χ1v) is 5.47. The summed E-state index contributed by atoms with van der Waals surface area (Å²) in [5, 5.41) is 3.44. The Morgan fingerprint density at radius 3 is 2.88 bits per heavy atom. The van der Waals surface area contributed by atoms with Crippen LogP contribution >= 0.6 is 11.6 Å². The molecule has 1 fully saturated rings. The maximum absolute atomic E-state index is 5.80. The standard InChI is InChI=1S/C9H14ClN5O/c1-15(6-3-4-11-5-6)8-12-7(10)13-9(14-8)16-2/h6,11H,3-5H2,1-2H3. The molecule has 0 aliphatic carbocycles. The van der Waals surface area contributed by atoms with Gasteiger partial charge in [-0.2, -0.15) is 15.0 Å². The lowest BCUT2D eigenvalue weighted by atomic mass is 10.2. The summed E-state index contributed by atoms with van der Waals surface area (Å²) in [5.41, 5.74) is 0. The third-order valence-corrected chi connectivity index (χ3v) is 2.82. The van der Waals surface area contributed by atoms with Crippen molar-refractivity contribution in [2.75, 3.05) is 32.1 Å². The Hall–Kier alpha value is -1.14. The van der Waals surface area contributed by atoms with Crippen LogP contribution in [0.2, 0.25) is 5.28 Å². The number of aromatic nitrogens is 3. The predicted octanol–water partition coefficient (Wildman–Crippen LogP) is 0.332. The number of hydrogen-bond acceptors (Lipinski definition) is 6. The van der Waals surface area contributed by atoms with Crippen molar-refractivity contribution >= 4 is 17.5 Å². The third-order valence-electron chi connectivity index (χ3n) is 2.66. The summed E-state index contributed by atoms with van der Waals surface area (Å²) in [6.07, 6.45) is 1.07. The predicted molar refractivity (Wildman–Crippen MR) is 61.1 cm³/mol. The van der Waals surface area contributed by atoms with Gasteiger partial charge in [-0.05, 0) is 24.6 Å². The minimum absolute atomic E-state index is 0.152. The molecular formula is C9H14ClN5O. The van der Waals surface area contributed by atoms with Gasteiger partial charge in [-0.15, -0.1) is 0 Å². The lowest BCUT2D eigenvalue weighted by Gasteiger charge is -2.23. The molecule has 0 spiro atoms. The number of methoxy groups -OCH3 is 1. The molecule has 2 heterocycles. The van der Waals surface area contributed by atoms with Gasteiger partial charge in [0.15, 0.2) is 0 Å². The molecule has 1 atom stereocenters. The highest BCUT2D eigenvalue weighted by atomic mass is 35.5. The van der Waals surface area contributed by atoms with Gasteiger partial charge in [0.2, 0.25) is 11.2 Å². The number of nitrogens with zero attached hydrogens (tertiary/aromatic N) is 4. The first-order valence-electron chi connectivity index (χ1n) is 5.10. The first-order chi connectivity index (χ1) is 7.70. The van der Waals surface area contributed by atoms with Crippen LogP contribution in [-0.2, 0) is 0 Å². The first kappa shape index (κ1) is 11.3. The van der Waals surface area contributed by atoms with Crippen LogP contribution in [0.3, 0.4) is 0 Å². The molecule has 1 aliphatic rings. The molecule has 2 rings (SSSR count). The average molecular weight is 244 g/mol. The second-order valence-corrected chi connectivity index (χ2v) is 3.99. The average Bonchev–Trinajstić information content (AvgIpc) is 2.80. The zero-order valence-corrected chi connectivity index (χ0v) is 10.0. The summed E-state index contributed by atoms with van der Waals surface area (Å²) in [6, 6.07) is 0.635. The molecule has 0 bridgehead atoms. The maximum atomic E-state index is 5.80. The highest BCUT2D eigenvalue weighted by Crippen LogP contribution is 2.17. The molecule has 6 nitrogen and oxygen atoms in total. The Labute approximate surface area is 99.0 Å². The van der Waals surface area contributed by atoms with Gasteiger partial charge in [-0.3, -0.25) is 0 Å². The van der Waals surface area contributed by atoms with Gasteiger partial charge in [0.1, 0.15) is 0 Å². The molecule has 88 valence electrons. The molecule has 0 amide bonds. The Balaban J connectivity index is 2.21. The van der Waals surface area contributed by atoms with Crippen molar-refractivity contribution in [2.45, 2.75) is 12.5 Å². The van der Waals surface area contributed by atoms with Crippen molar-refractivity contribution < 1.29 is 4.74 Å². The fourth-order valence-corrected chi connectivity index (χ4v) is 1.85. The zero-order valence-electron chi connectivity index (χ0n) is 9.27. The van der Waals surface area contributed by atoms with E-state index >= 15 is 0 Å². The number of halogens is 1. The van der Waals surface area contributed by atoms with Crippen molar-refractivity contribution in [3.63, 3.8) is 0 Å². The summed E-state index contributed by atoms with van der Waals surface area (Å²) in [7, 11) is 3.45. The van der Waals surface area contributed by atoms with E-state index < -0.39 is 0 Å². The van der Waals surface area contributed by atoms with Crippen LogP contribution in [-0.4, -0.2) is 48.2 Å². The van der Waals surface area contributed by atoms with Crippen LogP contribution in [0.1, 0.15) is 6.42 Å². The van der Waals surface area contributed by atoms with Crippen molar-refractivity contribution in [2.24, 2.45) is 0 Å². The summed E-state index contributed by atoms with van der Waals surface area (Å²) in [4.78, 5) is 14.1. The van der Waals surface area contributed by atoms with E-state index in [0.29, 0.717) is 12.0 Å². The number of anilines is 1. The van der Waals surface area contributed by atoms with Crippen LogP contribution in [0.15, 0.2) is 0 Å². The van der Waals surface area contributed by atoms with E-state index in [-0.39, 0.29) is 11.3 Å². The van der Waals surface area contributed by atoms with Gasteiger partial charge in [-0.25, -0.2) is 0 Å². The lowest BCUT2D eigenvalue weighted by Crippen LogP contribution is -2.34. The smallest absolute Gasteiger partial charge is 0.322 e. The molecule has 16 heavy (non-hydrogen) atoms. The van der Waals surface area contributed by atoms with E-state index in [9.17, 15) is 0 Å². The van der Waals surface area contributed by atoms with Gasteiger partial charge in [0, 0.05) is 19.6 Å². The number of rotatable bonds is 3. The maximum Gasteiger partial charge on any atom is 0.322 e. The number of hydrogen-bond donors (Lipinski definition) is 1. The van der Waals surface area contributed by atoms with Crippen LogP contribution in [0.5, 0.6) is 6.01 Å². The lowest BCUT2D eigenvalue weighted by molar-refractivity contribution is 0.377. The molecule has 7 heteroatoms. The quantitative estimate of drug-likeness (QED) is 0.826. The van der Waals surface area contributed by atoms with Crippen LogP contribution < -0.4 is 15.0 Å². The fourth-order valence-electron chi connectivity index (χ4n) is 1.70. The van der Waals surface area contributed by atoms with E-state index in [4.69, 9.17) is 16.3 Å². The van der Waals surface area contributed by atoms with Crippen LogP contribution in [0, 0.1) is 0 Å². The number of nitrogens with one attached hydrogen (secondary N) is 1. The normalized spacial score (nSPS) is 19.8. The molecule has 1 unspecified atom stereocenters. The van der Waals surface area contributed by atoms with Gasteiger partial charge in [0.25, 0.3) is 0 Å². The molecule has 0 radical (unpaired) electrons. The van der Waals surface area contributed by atoms with Gasteiger partial charge in [-0.1, -0.05) is 0 Å². The van der Waals surface area contributed by atoms with Crippen molar-refractivity contribution in [1.29, 1.82) is 0 Å². The SMILES string of the molecule is COc1nc(Cl)nc(N(C)C2CCNC2)n1. The van der Waals surface area contributed by atoms with Crippen molar-refractivity contribution in [3.05, 3.63) is 5.28 Å². The summed E-state index contributed by atoms with van der Waals surface area (Å²) >= 11 is 5.80. The summed E-state index contributed by atoms with van der Waals surface area (Å²) in [6.45, 7) is 1.95. The van der Waals surface area contributed by atoms with Crippen LogP contribution in [0.4, 0.5) is 5.95 Å². The van der Waals surface area contributed by atoms with Crippen LogP contribution in [0.25, 0.3) is 0 Å². The van der Waals surface area contributed by atoms with E-state index in [2.05, 4.69) is 20.3 Å². The molecule has 1 aromatic heterocycles. The van der Waals surface area contributed by atoms with Gasteiger partial charge in [0.05, 0.1) is 7.11 Å². The number of likely N-dealkylation sites (N-methyl/N-ethyl adjacent to an activating group) is 1. The zero-order chi connectivity index (χ0) is 11.5. The molecule has 0 aromatic carbocycles. The molecule has 1 aliphatic heterocycles. The monoisotopic (exact) mass is 243 g/mol. The Morgan fingerprint density at radius 1 is 1.44 bits per heavy atom. The Bertz CT molecular complexity index is 369. The van der Waals surface area contributed by atoms with E-state index in [1.807, 2.05) is 11.9 Å². The molecule has 1 saturated heterocycles. The van der Waals surface area contributed by atoms with E-state index in [1.54, 1.807) is 0 Å². The van der Waals surface area contributed by atoms with Crippen molar-refractivity contribution in [3.8, 4) is 6.01 Å². The fraction of sp³-hybridized carbons (Fsp3) is 0.667. The van der Waals surface area contributed by atoms with E-state index in [1.165, 1.54) is 7.11 Å². The molecule has 1 aromatic rings.